The normalized spacial score (nSPS) is 12.9. The van der Waals surface area contributed by atoms with Crippen molar-refractivity contribution in [2.75, 3.05) is 13.1 Å². The van der Waals surface area contributed by atoms with E-state index in [0.29, 0.717) is 13.1 Å². The quantitative estimate of drug-likeness (QED) is 0.726. The molecule has 3 amide bonds. The molecule has 3 N–H and O–H groups in total. The molecule has 0 spiro atoms. The van der Waals surface area contributed by atoms with Gasteiger partial charge in [0.1, 0.15) is 6.04 Å². The summed E-state index contributed by atoms with van der Waals surface area (Å²) < 4.78 is 0. The van der Waals surface area contributed by atoms with Crippen LogP contribution in [0.3, 0.4) is 0 Å². The third-order valence-electron chi connectivity index (χ3n) is 3.97. The topological polar surface area (TPSA) is 70.2 Å². The van der Waals surface area contributed by atoms with Gasteiger partial charge < -0.3 is 10.6 Å². The maximum atomic E-state index is 12.5. The molecule has 0 saturated heterocycles. The standard InChI is InChI=1S/C20H25N3O2/c1-3-21-20(25)23-19(24)18(17-12-8-5-9-13-17)22-14-15(2)16-10-6-4-7-11-16/h4-13,15,18,22H,3,14H2,1-2H3,(H2,21,23,24,25)/t15-,18+/m1/s1. The zero-order valence-corrected chi connectivity index (χ0v) is 14.7. The second-order valence-corrected chi connectivity index (χ2v) is 5.91. The Hall–Kier alpha value is -2.66. The number of benzene rings is 2. The zero-order valence-electron chi connectivity index (χ0n) is 14.7. The van der Waals surface area contributed by atoms with Crippen molar-refractivity contribution >= 4 is 11.9 Å². The number of hydrogen-bond acceptors (Lipinski definition) is 3. The first-order valence-electron chi connectivity index (χ1n) is 8.53. The van der Waals surface area contributed by atoms with Crippen LogP contribution in [0.4, 0.5) is 4.79 Å². The molecule has 0 radical (unpaired) electrons. The molecule has 0 bridgehead atoms. The molecule has 0 unspecified atom stereocenters. The molecule has 2 rings (SSSR count). The van der Waals surface area contributed by atoms with Crippen LogP contribution < -0.4 is 16.0 Å². The van der Waals surface area contributed by atoms with Crippen LogP contribution in [0.2, 0.25) is 0 Å². The van der Waals surface area contributed by atoms with Crippen LogP contribution in [0.15, 0.2) is 60.7 Å². The number of hydrogen-bond donors (Lipinski definition) is 3. The molecule has 2 aromatic rings. The lowest BCUT2D eigenvalue weighted by molar-refractivity contribution is -0.122. The van der Waals surface area contributed by atoms with Crippen LogP contribution in [-0.4, -0.2) is 25.0 Å². The van der Waals surface area contributed by atoms with Crippen molar-refractivity contribution in [3.8, 4) is 0 Å². The predicted octanol–water partition coefficient (Wildman–Crippen LogP) is 2.97. The van der Waals surface area contributed by atoms with E-state index in [-0.39, 0.29) is 11.8 Å². The lowest BCUT2D eigenvalue weighted by atomic mass is 10.00. The van der Waals surface area contributed by atoms with Crippen LogP contribution >= 0.6 is 0 Å². The van der Waals surface area contributed by atoms with Gasteiger partial charge in [-0.15, -0.1) is 0 Å². The van der Waals surface area contributed by atoms with Gasteiger partial charge in [0.05, 0.1) is 0 Å². The highest BCUT2D eigenvalue weighted by Crippen LogP contribution is 2.17. The van der Waals surface area contributed by atoms with Crippen LogP contribution in [0.25, 0.3) is 0 Å². The van der Waals surface area contributed by atoms with Gasteiger partial charge in [0.25, 0.3) is 0 Å². The Morgan fingerprint density at radius 3 is 2.04 bits per heavy atom. The Morgan fingerprint density at radius 1 is 0.920 bits per heavy atom. The first-order valence-corrected chi connectivity index (χ1v) is 8.53. The molecular weight excluding hydrogens is 314 g/mol. The van der Waals surface area contributed by atoms with Gasteiger partial charge in [-0.3, -0.25) is 10.1 Å². The Labute approximate surface area is 148 Å². The number of amides is 3. The predicted molar refractivity (Wildman–Crippen MR) is 99.3 cm³/mol. The van der Waals surface area contributed by atoms with Gasteiger partial charge in [0, 0.05) is 13.1 Å². The van der Waals surface area contributed by atoms with Crippen LogP contribution in [0, 0.1) is 0 Å². The maximum Gasteiger partial charge on any atom is 0.321 e. The average Bonchev–Trinajstić information content (AvgIpc) is 2.63. The average molecular weight is 339 g/mol. The van der Waals surface area contributed by atoms with E-state index < -0.39 is 12.1 Å². The highest BCUT2D eigenvalue weighted by molar-refractivity contribution is 5.97. The maximum absolute atomic E-state index is 12.5. The molecular formula is C20H25N3O2. The first-order chi connectivity index (χ1) is 12.1. The molecule has 0 aliphatic carbocycles. The smallest absolute Gasteiger partial charge is 0.321 e. The molecule has 5 heteroatoms. The van der Waals surface area contributed by atoms with Crippen molar-refractivity contribution in [3.05, 3.63) is 71.8 Å². The summed E-state index contributed by atoms with van der Waals surface area (Å²) in [5, 5.41) is 8.26. The molecule has 0 saturated carbocycles. The summed E-state index contributed by atoms with van der Waals surface area (Å²) in [4.78, 5) is 24.2. The van der Waals surface area contributed by atoms with Crippen molar-refractivity contribution < 1.29 is 9.59 Å². The van der Waals surface area contributed by atoms with Gasteiger partial charge in [-0.25, -0.2) is 4.79 Å². The minimum absolute atomic E-state index is 0.240. The summed E-state index contributed by atoms with van der Waals surface area (Å²) in [7, 11) is 0. The van der Waals surface area contributed by atoms with Gasteiger partial charge in [-0.05, 0) is 24.0 Å². The summed E-state index contributed by atoms with van der Waals surface area (Å²) >= 11 is 0. The van der Waals surface area contributed by atoms with E-state index in [0.717, 1.165) is 5.56 Å². The van der Waals surface area contributed by atoms with Crippen molar-refractivity contribution in [1.29, 1.82) is 0 Å². The number of rotatable bonds is 7. The van der Waals surface area contributed by atoms with E-state index in [9.17, 15) is 9.59 Å². The summed E-state index contributed by atoms with van der Waals surface area (Å²) in [5.41, 5.74) is 2.02. The van der Waals surface area contributed by atoms with E-state index in [1.165, 1.54) is 5.56 Å². The highest BCUT2D eigenvalue weighted by Gasteiger charge is 2.22. The van der Waals surface area contributed by atoms with Crippen LogP contribution in [0.5, 0.6) is 0 Å². The Morgan fingerprint density at radius 2 is 1.48 bits per heavy atom. The van der Waals surface area contributed by atoms with Crippen LogP contribution in [-0.2, 0) is 4.79 Å². The van der Waals surface area contributed by atoms with E-state index in [1.807, 2.05) is 48.5 Å². The molecule has 25 heavy (non-hydrogen) atoms. The Bertz CT molecular complexity index is 674. The zero-order chi connectivity index (χ0) is 18.1. The lowest BCUT2D eigenvalue weighted by Crippen LogP contribution is -2.45. The van der Waals surface area contributed by atoms with Gasteiger partial charge in [-0.1, -0.05) is 67.6 Å². The molecule has 0 fully saturated rings. The first kappa shape index (κ1) is 18.7. The molecule has 0 aromatic heterocycles. The summed E-state index contributed by atoms with van der Waals surface area (Å²) in [5.74, 6) is -0.123. The summed E-state index contributed by atoms with van der Waals surface area (Å²) in [6, 6.07) is 18.5. The summed E-state index contributed by atoms with van der Waals surface area (Å²) in [6.07, 6.45) is 0. The number of urea groups is 1. The van der Waals surface area contributed by atoms with Gasteiger partial charge >= 0.3 is 6.03 Å². The molecule has 0 aliphatic heterocycles. The van der Waals surface area contributed by atoms with Gasteiger partial charge in [0.15, 0.2) is 0 Å². The molecule has 0 aliphatic rings. The highest BCUT2D eigenvalue weighted by atomic mass is 16.2. The SMILES string of the molecule is CCNC(=O)NC(=O)[C@@H](NC[C@@H](C)c1ccccc1)c1ccccc1. The van der Waals surface area contributed by atoms with Gasteiger partial charge in [-0.2, -0.15) is 0 Å². The van der Waals surface area contributed by atoms with E-state index >= 15 is 0 Å². The number of nitrogens with one attached hydrogen (secondary N) is 3. The Balaban J connectivity index is 2.07. The van der Waals surface area contributed by atoms with Gasteiger partial charge in [0.2, 0.25) is 5.91 Å². The van der Waals surface area contributed by atoms with Crippen molar-refractivity contribution in [3.63, 3.8) is 0 Å². The monoisotopic (exact) mass is 339 g/mol. The number of carbonyl (C=O) groups is 2. The Kier molecular flexibility index (Phi) is 7.16. The van der Waals surface area contributed by atoms with Crippen molar-refractivity contribution in [2.45, 2.75) is 25.8 Å². The fourth-order valence-corrected chi connectivity index (χ4v) is 2.59. The van der Waals surface area contributed by atoms with E-state index in [1.54, 1.807) is 6.92 Å². The van der Waals surface area contributed by atoms with E-state index in [4.69, 9.17) is 0 Å². The minimum atomic E-state index is -0.588. The molecule has 132 valence electrons. The molecule has 0 heterocycles. The molecule has 2 atom stereocenters. The van der Waals surface area contributed by atoms with Crippen molar-refractivity contribution in [2.24, 2.45) is 0 Å². The fourth-order valence-electron chi connectivity index (χ4n) is 2.59. The fraction of sp³-hybridized carbons (Fsp3) is 0.300. The number of carbonyl (C=O) groups excluding carboxylic acids is 2. The number of imide groups is 1. The van der Waals surface area contributed by atoms with E-state index in [2.05, 4.69) is 35.0 Å². The van der Waals surface area contributed by atoms with Crippen molar-refractivity contribution in [1.82, 2.24) is 16.0 Å². The largest absolute Gasteiger partial charge is 0.338 e. The minimum Gasteiger partial charge on any atom is -0.338 e. The molecule has 2 aromatic carbocycles. The third kappa shape index (κ3) is 5.72. The molecule has 5 nitrogen and oxygen atoms in total. The van der Waals surface area contributed by atoms with Crippen LogP contribution in [0.1, 0.15) is 36.9 Å². The second kappa shape index (κ2) is 9.59. The lowest BCUT2D eigenvalue weighted by Gasteiger charge is -2.21. The second-order valence-electron chi connectivity index (χ2n) is 5.91. The third-order valence-corrected chi connectivity index (χ3v) is 3.97. The summed E-state index contributed by atoms with van der Waals surface area (Å²) in [6.45, 7) is 4.99.